The Kier molecular flexibility index (Phi) is 6.45. The summed E-state index contributed by atoms with van der Waals surface area (Å²) in [5, 5.41) is 22.5. The van der Waals surface area contributed by atoms with Gasteiger partial charge in [-0.05, 0) is 43.2 Å². The van der Waals surface area contributed by atoms with Crippen LogP contribution in [0.1, 0.15) is 40.7 Å². The van der Waals surface area contributed by atoms with Gasteiger partial charge in [-0.1, -0.05) is 54.6 Å². The van der Waals surface area contributed by atoms with E-state index in [0.717, 1.165) is 25.1 Å². The minimum absolute atomic E-state index is 0.0584. The van der Waals surface area contributed by atoms with E-state index < -0.39 is 46.1 Å². The molecule has 0 radical (unpaired) electrons. The van der Waals surface area contributed by atoms with Crippen molar-refractivity contribution in [2.75, 3.05) is 0 Å². The summed E-state index contributed by atoms with van der Waals surface area (Å²) in [5.74, 6) is -3.34. The number of aliphatic hydroxyl groups is 1. The Morgan fingerprint density at radius 3 is 2.31 bits per heavy atom. The lowest BCUT2D eigenvalue weighted by Crippen LogP contribution is -2.21. The highest BCUT2D eigenvalue weighted by atomic mass is 19.4. The van der Waals surface area contributed by atoms with Crippen LogP contribution in [-0.2, 0) is 11.0 Å². The van der Waals surface area contributed by atoms with Crippen LogP contribution in [0.15, 0.2) is 87.6 Å². The van der Waals surface area contributed by atoms with Crippen LogP contribution in [-0.4, -0.2) is 16.0 Å². The molecule has 3 aromatic carbocycles. The average Bonchev–Trinajstić information content (AvgIpc) is 2.83. The monoisotopic (exact) mass is 494 g/mol. The Labute approximate surface area is 203 Å². The zero-order valence-electron chi connectivity index (χ0n) is 19.3. The Morgan fingerprint density at radius 2 is 1.64 bits per heavy atom. The van der Waals surface area contributed by atoms with Crippen LogP contribution in [0.4, 0.5) is 13.2 Å². The second-order valence-electron chi connectivity index (χ2n) is 8.34. The van der Waals surface area contributed by atoms with Gasteiger partial charge in [0.05, 0.1) is 22.4 Å². The number of halogens is 3. The van der Waals surface area contributed by atoms with Crippen LogP contribution in [0, 0.1) is 6.92 Å². The fourth-order valence-corrected chi connectivity index (χ4v) is 4.27. The second kappa shape index (κ2) is 9.37. The molecule has 2 N–H and O–H groups in total. The number of hydrogen-bond acceptors (Lipinski definition) is 5. The van der Waals surface area contributed by atoms with Gasteiger partial charge in [0, 0.05) is 11.1 Å². The molecule has 5 nitrogen and oxygen atoms in total. The number of aliphatic hydroxyl groups excluding tert-OH is 1. The van der Waals surface area contributed by atoms with Crippen molar-refractivity contribution in [3.8, 4) is 5.75 Å². The van der Waals surface area contributed by atoms with Crippen molar-refractivity contribution >= 4 is 22.5 Å². The van der Waals surface area contributed by atoms with Gasteiger partial charge < -0.3 is 14.6 Å². The number of Topliss-reactive ketones (excluding diaryl/α,β-unsaturated/α-hetero) is 1. The van der Waals surface area contributed by atoms with Gasteiger partial charge in [-0.2, -0.15) is 13.2 Å². The maximum Gasteiger partial charge on any atom is 0.416 e. The quantitative estimate of drug-likeness (QED) is 0.187. The first-order valence-corrected chi connectivity index (χ1v) is 10.9. The van der Waals surface area contributed by atoms with Crippen LogP contribution < -0.4 is 5.63 Å². The number of hydrogen-bond donors (Lipinski definition) is 2. The molecule has 1 unspecified atom stereocenters. The molecule has 0 amide bonds. The Bertz CT molecular complexity index is 1560. The molecule has 8 heteroatoms. The van der Waals surface area contributed by atoms with Gasteiger partial charge in [-0.3, -0.25) is 4.79 Å². The SMILES string of the molecule is CC(=O)/C(=C(/O)c1ccccc1C)C(c1cccc(C(F)(F)F)c1)c1c(O)c2ccccc2oc1=O. The molecule has 0 aliphatic heterocycles. The normalized spacial score (nSPS) is 13.4. The van der Waals surface area contributed by atoms with Crippen LogP contribution in [0.5, 0.6) is 5.75 Å². The van der Waals surface area contributed by atoms with Gasteiger partial charge in [0.25, 0.3) is 0 Å². The van der Waals surface area contributed by atoms with Gasteiger partial charge >= 0.3 is 11.8 Å². The van der Waals surface area contributed by atoms with E-state index in [2.05, 4.69) is 0 Å². The van der Waals surface area contributed by atoms with Gasteiger partial charge in [0.1, 0.15) is 17.1 Å². The number of carbonyl (C=O) groups is 1. The third-order valence-corrected chi connectivity index (χ3v) is 5.98. The van der Waals surface area contributed by atoms with E-state index >= 15 is 0 Å². The number of aryl methyl sites for hydroxylation is 1. The predicted molar refractivity (Wildman–Crippen MR) is 129 cm³/mol. The number of alkyl halides is 3. The summed E-state index contributed by atoms with van der Waals surface area (Å²) in [5.41, 5.74) is -2.12. The summed E-state index contributed by atoms with van der Waals surface area (Å²) in [6.45, 7) is 2.81. The molecule has 0 saturated heterocycles. The van der Waals surface area contributed by atoms with E-state index in [1.807, 2.05) is 0 Å². The second-order valence-corrected chi connectivity index (χ2v) is 8.34. The van der Waals surface area contributed by atoms with Crippen LogP contribution in [0.2, 0.25) is 0 Å². The van der Waals surface area contributed by atoms with Crippen molar-refractivity contribution < 1.29 is 32.6 Å². The number of rotatable bonds is 5. The lowest BCUT2D eigenvalue weighted by atomic mass is 9.80. The number of ketones is 1. The summed E-state index contributed by atoms with van der Waals surface area (Å²) in [4.78, 5) is 26.1. The third-order valence-electron chi connectivity index (χ3n) is 5.98. The topological polar surface area (TPSA) is 87.7 Å². The lowest BCUT2D eigenvalue weighted by Gasteiger charge is -2.23. The summed E-state index contributed by atoms with van der Waals surface area (Å²) in [6.07, 6.45) is -4.71. The molecule has 1 atom stereocenters. The van der Waals surface area contributed by atoms with E-state index in [1.54, 1.807) is 43.3 Å². The minimum Gasteiger partial charge on any atom is -0.507 e. The fourth-order valence-electron chi connectivity index (χ4n) is 4.27. The van der Waals surface area contributed by atoms with Crippen molar-refractivity contribution in [2.45, 2.75) is 25.9 Å². The average molecular weight is 494 g/mol. The Morgan fingerprint density at radius 1 is 0.972 bits per heavy atom. The number of benzene rings is 3. The molecule has 0 bridgehead atoms. The number of allylic oxidation sites excluding steroid dienone is 1. The zero-order chi connectivity index (χ0) is 26.2. The van der Waals surface area contributed by atoms with Crippen molar-refractivity contribution in [3.63, 3.8) is 0 Å². The standard InChI is InChI=1S/C28H21F3O5/c1-15-8-3-4-11-19(15)25(33)22(16(2)32)23(17-9-7-10-18(14-17)28(29,30)31)24-26(34)20-12-5-6-13-21(20)36-27(24)35/h3-14,23,33-34H,1-2H3/b25-22-. The summed E-state index contributed by atoms with van der Waals surface area (Å²) >= 11 is 0. The highest BCUT2D eigenvalue weighted by Gasteiger charge is 2.36. The van der Waals surface area contributed by atoms with E-state index in [0.29, 0.717) is 5.56 Å². The first kappa shape index (κ1) is 24.8. The number of carbonyl (C=O) groups excluding carboxylic acids is 1. The molecule has 0 aliphatic carbocycles. The molecule has 0 aliphatic rings. The summed E-state index contributed by atoms with van der Waals surface area (Å²) in [7, 11) is 0. The van der Waals surface area contributed by atoms with Gasteiger partial charge in [-0.25, -0.2) is 4.79 Å². The van der Waals surface area contributed by atoms with Crippen LogP contribution in [0.3, 0.4) is 0 Å². The van der Waals surface area contributed by atoms with Gasteiger partial charge in [-0.15, -0.1) is 0 Å². The minimum atomic E-state index is -4.71. The lowest BCUT2D eigenvalue weighted by molar-refractivity contribution is -0.137. The molecule has 0 spiro atoms. The highest BCUT2D eigenvalue weighted by Crippen LogP contribution is 2.42. The van der Waals surface area contributed by atoms with E-state index in [9.17, 15) is 33.0 Å². The van der Waals surface area contributed by atoms with Gasteiger partial charge in [0.15, 0.2) is 5.78 Å². The molecule has 1 heterocycles. The largest absolute Gasteiger partial charge is 0.507 e. The Hall–Kier alpha value is -4.33. The summed E-state index contributed by atoms with van der Waals surface area (Å²) in [6, 6.07) is 16.7. The van der Waals surface area contributed by atoms with Crippen LogP contribution >= 0.6 is 0 Å². The van der Waals surface area contributed by atoms with Crippen LogP contribution in [0.25, 0.3) is 16.7 Å². The fraction of sp³-hybridized carbons (Fsp3) is 0.143. The predicted octanol–water partition coefficient (Wildman–Crippen LogP) is 6.52. The smallest absolute Gasteiger partial charge is 0.416 e. The number of aromatic hydroxyl groups is 1. The first-order valence-electron chi connectivity index (χ1n) is 10.9. The molecule has 4 aromatic rings. The van der Waals surface area contributed by atoms with Crippen molar-refractivity contribution in [1.29, 1.82) is 0 Å². The molecule has 0 saturated carbocycles. The van der Waals surface area contributed by atoms with Crippen molar-refractivity contribution in [2.24, 2.45) is 0 Å². The maximum atomic E-state index is 13.6. The highest BCUT2D eigenvalue weighted by molar-refractivity contribution is 6.02. The van der Waals surface area contributed by atoms with E-state index in [4.69, 9.17) is 4.42 Å². The number of para-hydroxylation sites is 1. The van der Waals surface area contributed by atoms with Crippen molar-refractivity contribution in [1.82, 2.24) is 0 Å². The molecule has 36 heavy (non-hydrogen) atoms. The molecular formula is C28H21F3O5. The summed E-state index contributed by atoms with van der Waals surface area (Å²) < 4.78 is 46.1. The Balaban J connectivity index is 2.13. The van der Waals surface area contributed by atoms with Gasteiger partial charge in [0.2, 0.25) is 0 Å². The molecule has 0 fully saturated rings. The third kappa shape index (κ3) is 4.49. The first-order chi connectivity index (χ1) is 17.0. The van der Waals surface area contributed by atoms with E-state index in [1.165, 1.54) is 18.2 Å². The van der Waals surface area contributed by atoms with Crippen molar-refractivity contribution in [3.05, 3.63) is 117 Å². The number of fused-ring (bicyclic) bond motifs is 1. The molecule has 1 aromatic heterocycles. The molecule has 184 valence electrons. The maximum absolute atomic E-state index is 13.6. The molecule has 4 rings (SSSR count). The van der Waals surface area contributed by atoms with E-state index in [-0.39, 0.29) is 27.7 Å². The zero-order valence-corrected chi connectivity index (χ0v) is 19.3. The molecular weight excluding hydrogens is 473 g/mol.